The number of nitro benzene ring substituents is 1. The molecule has 5 heteroatoms. The SMILES string of the molecule is CC(C)NCCNCc1ccc([N+](=O)[O-])cc1. The van der Waals surface area contributed by atoms with Crippen LogP contribution in [0.4, 0.5) is 5.69 Å². The Morgan fingerprint density at radius 1 is 1.24 bits per heavy atom. The highest BCUT2D eigenvalue weighted by atomic mass is 16.6. The molecule has 17 heavy (non-hydrogen) atoms. The van der Waals surface area contributed by atoms with Gasteiger partial charge in [-0.15, -0.1) is 0 Å². The lowest BCUT2D eigenvalue weighted by molar-refractivity contribution is -0.384. The zero-order valence-corrected chi connectivity index (χ0v) is 10.3. The van der Waals surface area contributed by atoms with Gasteiger partial charge in [0, 0.05) is 37.8 Å². The van der Waals surface area contributed by atoms with Crippen molar-refractivity contribution in [3.05, 3.63) is 39.9 Å². The predicted molar refractivity (Wildman–Crippen MR) is 67.9 cm³/mol. The second-order valence-corrected chi connectivity index (χ2v) is 4.21. The molecule has 94 valence electrons. The Balaban J connectivity index is 2.25. The summed E-state index contributed by atoms with van der Waals surface area (Å²) in [5.74, 6) is 0. The molecule has 0 amide bonds. The number of hydrogen-bond donors (Lipinski definition) is 2. The Morgan fingerprint density at radius 2 is 1.88 bits per heavy atom. The maximum absolute atomic E-state index is 10.5. The minimum atomic E-state index is -0.385. The summed E-state index contributed by atoms with van der Waals surface area (Å²) >= 11 is 0. The van der Waals surface area contributed by atoms with E-state index < -0.39 is 0 Å². The van der Waals surface area contributed by atoms with E-state index in [9.17, 15) is 10.1 Å². The van der Waals surface area contributed by atoms with Gasteiger partial charge in [-0.1, -0.05) is 26.0 Å². The summed E-state index contributed by atoms with van der Waals surface area (Å²) in [5.41, 5.74) is 1.19. The van der Waals surface area contributed by atoms with Crippen molar-refractivity contribution in [1.82, 2.24) is 10.6 Å². The van der Waals surface area contributed by atoms with Crippen LogP contribution in [0.15, 0.2) is 24.3 Å². The van der Waals surface area contributed by atoms with Crippen LogP contribution in [0.5, 0.6) is 0 Å². The van der Waals surface area contributed by atoms with E-state index in [0.29, 0.717) is 6.04 Å². The first-order valence-electron chi connectivity index (χ1n) is 5.77. The molecule has 0 aliphatic rings. The number of hydrogen-bond acceptors (Lipinski definition) is 4. The topological polar surface area (TPSA) is 67.2 Å². The molecular weight excluding hydrogens is 218 g/mol. The van der Waals surface area contributed by atoms with Crippen LogP contribution in [0, 0.1) is 10.1 Å². The predicted octanol–water partition coefficient (Wildman–Crippen LogP) is 1.68. The third-order valence-electron chi connectivity index (χ3n) is 2.33. The highest BCUT2D eigenvalue weighted by Gasteiger charge is 2.03. The Bertz CT molecular complexity index is 349. The van der Waals surface area contributed by atoms with Gasteiger partial charge in [0.25, 0.3) is 5.69 Å². The monoisotopic (exact) mass is 237 g/mol. The molecule has 0 saturated carbocycles. The van der Waals surface area contributed by atoms with Crippen molar-refractivity contribution in [2.24, 2.45) is 0 Å². The minimum Gasteiger partial charge on any atom is -0.313 e. The molecule has 0 aliphatic heterocycles. The van der Waals surface area contributed by atoms with E-state index in [4.69, 9.17) is 0 Å². The molecular formula is C12H19N3O2. The molecule has 0 fully saturated rings. The van der Waals surface area contributed by atoms with Crippen molar-refractivity contribution in [3.63, 3.8) is 0 Å². The van der Waals surface area contributed by atoms with E-state index in [-0.39, 0.29) is 10.6 Å². The lowest BCUT2D eigenvalue weighted by atomic mass is 10.2. The number of nitrogens with zero attached hydrogens (tertiary/aromatic N) is 1. The molecule has 1 rings (SSSR count). The zero-order chi connectivity index (χ0) is 12.7. The largest absolute Gasteiger partial charge is 0.313 e. The lowest BCUT2D eigenvalue weighted by Crippen LogP contribution is -2.31. The van der Waals surface area contributed by atoms with E-state index in [0.717, 1.165) is 25.2 Å². The van der Waals surface area contributed by atoms with Gasteiger partial charge in [-0.25, -0.2) is 0 Å². The van der Waals surface area contributed by atoms with E-state index in [1.165, 1.54) is 12.1 Å². The standard InChI is InChI=1S/C12H19N3O2/c1-10(2)14-8-7-13-9-11-3-5-12(6-4-11)15(16)17/h3-6,10,13-14H,7-9H2,1-2H3. The van der Waals surface area contributed by atoms with Crippen molar-refractivity contribution in [2.45, 2.75) is 26.4 Å². The fraction of sp³-hybridized carbons (Fsp3) is 0.500. The van der Waals surface area contributed by atoms with Crippen molar-refractivity contribution in [3.8, 4) is 0 Å². The van der Waals surface area contributed by atoms with Crippen LogP contribution in [0.1, 0.15) is 19.4 Å². The van der Waals surface area contributed by atoms with Gasteiger partial charge in [-0.2, -0.15) is 0 Å². The highest BCUT2D eigenvalue weighted by molar-refractivity contribution is 5.32. The molecule has 0 unspecified atom stereocenters. The average molecular weight is 237 g/mol. The molecule has 0 aromatic heterocycles. The Labute approximate surface area is 101 Å². The molecule has 0 aliphatic carbocycles. The van der Waals surface area contributed by atoms with Crippen molar-refractivity contribution < 1.29 is 4.92 Å². The summed E-state index contributed by atoms with van der Waals surface area (Å²) in [5, 5.41) is 17.0. The second-order valence-electron chi connectivity index (χ2n) is 4.21. The molecule has 0 saturated heterocycles. The van der Waals surface area contributed by atoms with Crippen LogP contribution in [0.25, 0.3) is 0 Å². The summed E-state index contributed by atoms with van der Waals surface area (Å²) < 4.78 is 0. The molecule has 0 atom stereocenters. The quantitative estimate of drug-likeness (QED) is 0.430. The van der Waals surface area contributed by atoms with Gasteiger partial charge in [0.1, 0.15) is 0 Å². The van der Waals surface area contributed by atoms with Crippen molar-refractivity contribution in [1.29, 1.82) is 0 Å². The third kappa shape index (κ3) is 5.42. The zero-order valence-electron chi connectivity index (χ0n) is 10.3. The van der Waals surface area contributed by atoms with Crippen LogP contribution in [-0.2, 0) is 6.54 Å². The van der Waals surface area contributed by atoms with Gasteiger partial charge in [-0.3, -0.25) is 10.1 Å². The maximum Gasteiger partial charge on any atom is 0.269 e. The first-order chi connectivity index (χ1) is 8.09. The second kappa shape index (κ2) is 6.98. The number of nitrogens with one attached hydrogen (secondary N) is 2. The summed E-state index contributed by atoms with van der Waals surface area (Å²) in [4.78, 5) is 10.1. The van der Waals surface area contributed by atoms with E-state index in [2.05, 4.69) is 24.5 Å². The van der Waals surface area contributed by atoms with Gasteiger partial charge in [0.2, 0.25) is 0 Å². The summed E-state index contributed by atoms with van der Waals surface area (Å²) in [6.45, 7) is 6.75. The number of nitro groups is 1. The van der Waals surface area contributed by atoms with Crippen LogP contribution >= 0.6 is 0 Å². The van der Waals surface area contributed by atoms with Crippen LogP contribution in [0.2, 0.25) is 0 Å². The van der Waals surface area contributed by atoms with Crippen LogP contribution in [-0.4, -0.2) is 24.1 Å². The smallest absolute Gasteiger partial charge is 0.269 e. The fourth-order valence-corrected chi connectivity index (χ4v) is 1.42. The molecule has 0 heterocycles. The van der Waals surface area contributed by atoms with Crippen LogP contribution < -0.4 is 10.6 Å². The first-order valence-corrected chi connectivity index (χ1v) is 5.77. The Morgan fingerprint density at radius 3 is 2.41 bits per heavy atom. The molecule has 0 radical (unpaired) electrons. The van der Waals surface area contributed by atoms with Crippen molar-refractivity contribution >= 4 is 5.69 Å². The number of rotatable bonds is 7. The van der Waals surface area contributed by atoms with Crippen molar-refractivity contribution in [2.75, 3.05) is 13.1 Å². The molecule has 0 spiro atoms. The molecule has 1 aromatic rings. The number of benzene rings is 1. The number of non-ortho nitro benzene ring substituents is 1. The summed E-state index contributed by atoms with van der Waals surface area (Å²) in [7, 11) is 0. The lowest BCUT2D eigenvalue weighted by Gasteiger charge is -2.08. The van der Waals surface area contributed by atoms with Gasteiger partial charge >= 0.3 is 0 Å². The molecule has 2 N–H and O–H groups in total. The van der Waals surface area contributed by atoms with Gasteiger partial charge in [-0.05, 0) is 5.56 Å². The third-order valence-corrected chi connectivity index (χ3v) is 2.33. The summed E-state index contributed by atoms with van der Waals surface area (Å²) in [6, 6.07) is 7.12. The van der Waals surface area contributed by atoms with E-state index in [1.807, 2.05) is 0 Å². The Hall–Kier alpha value is -1.46. The maximum atomic E-state index is 10.5. The molecule has 0 bridgehead atoms. The van der Waals surface area contributed by atoms with Gasteiger partial charge < -0.3 is 10.6 Å². The summed E-state index contributed by atoms with van der Waals surface area (Å²) in [6.07, 6.45) is 0. The Kier molecular flexibility index (Phi) is 5.59. The fourth-order valence-electron chi connectivity index (χ4n) is 1.42. The van der Waals surface area contributed by atoms with Gasteiger partial charge in [0.15, 0.2) is 0 Å². The van der Waals surface area contributed by atoms with E-state index >= 15 is 0 Å². The minimum absolute atomic E-state index is 0.134. The molecule has 1 aromatic carbocycles. The van der Waals surface area contributed by atoms with Crippen LogP contribution in [0.3, 0.4) is 0 Å². The van der Waals surface area contributed by atoms with E-state index in [1.54, 1.807) is 12.1 Å². The normalized spacial score (nSPS) is 10.8. The van der Waals surface area contributed by atoms with Gasteiger partial charge in [0.05, 0.1) is 4.92 Å². The highest BCUT2D eigenvalue weighted by Crippen LogP contribution is 2.11. The molecule has 5 nitrogen and oxygen atoms in total. The average Bonchev–Trinajstić information content (AvgIpc) is 2.29. The first kappa shape index (κ1) is 13.6.